The number of hydrogen-bond acceptors (Lipinski definition) is 3. The predicted molar refractivity (Wildman–Crippen MR) is 62.4 cm³/mol. The van der Waals surface area contributed by atoms with Gasteiger partial charge in [0.2, 0.25) is 0 Å². The number of hydrogen-bond donors (Lipinski definition) is 1. The van der Waals surface area contributed by atoms with Crippen molar-refractivity contribution in [3.8, 4) is 0 Å². The molecule has 1 N–H and O–H groups in total. The number of halogens is 1. The summed E-state index contributed by atoms with van der Waals surface area (Å²) in [7, 11) is 0. The third-order valence-corrected chi connectivity index (χ3v) is 2.34. The van der Waals surface area contributed by atoms with Gasteiger partial charge in [-0.15, -0.1) is 0 Å². The summed E-state index contributed by atoms with van der Waals surface area (Å²) in [4.78, 5) is 11.1. The largest absolute Gasteiger partial charge is 0.466 e. The summed E-state index contributed by atoms with van der Waals surface area (Å²) in [6, 6.07) is 7.18. The fraction of sp³-hybridized carbons (Fsp3) is 0.417. The van der Waals surface area contributed by atoms with Gasteiger partial charge in [0.05, 0.1) is 19.1 Å². The van der Waals surface area contributed by atoms with Crippen molar-refractivity contribution in [1.29, 1.82) is 0 Å². The topological polar surface area (TPSA) is 46.5 Å². The van der Waals surface area contributed by atoms with E-state index in [4.69, 9.17) is 16.3 Å². The highest BCUT2D eigenvalue weighted by Gasteiger charge is 2.12. The van der Waals surface area contributed by atoms with E-state index in [1.807, 2.05) is 12.1 Å². The van der Waals surface area contributed by atoms with Gasteiger partial charge >= 0.3 is 5.97 Å². The molecule has 1 rings (SSSR count). The van der Waals surface area contributed by atoms with E-state index >= 15 is 0 Å². The Hall–Kier alpha value is -1.06. The van der Waals surface area contributed by atoms with Crippen molar-refractivity contribution in [2.45, 2.75) is 25.9 Å². The maximum absolute atomic E-state index is 11.1. The third kappa shape index (κ3) is 4.64. The van der Waals surface area contributed by atoms with Crippen LogP contribution in [0, 0.1) is 0 Å². The van der Waals surface area contributed by atoms with E-state index in [0.717, 1.165) is 5.56 Å². The Morgan fingerprint density at radius 1 is 1.44 bits per heavy atom. The minimum atomic E-state index is -0.708. The molecule has 0 heterocycles. The van der Waals surface area contributed by atoms with E-state index in [2.05, 4.69) is 0 Å². The third-order valence-electron chi connectivity index (χ3n) is 2.09. The molecule has 0 fully saturated rings. The van der Waals surface area contributed by atoms with Gasteiger partial charge in [-0.2, -0.15) is 0 Å². The molecule has 0 amide bonds. The Morgan fingerprint density at radius 2 is 2.06 bits per heavy atom. The lowest BCUT2D eigenvalue weighted by atomic mass is 10.1. The molecular weight excluding hydrogens is 228 g/mol. The van der Waals surface area contributed by atoms with E-state index in [9.17, 15) is 9.90 Å². The van der Waals surface area contributed by atoms with Gasteiger partial charge in [0.25, 0.3) is 0 Å². The van der Waals surface area contributed by atoms with Gasteiger partial charge in [0, 0.05) is 5.02 Å². The van der Waals surface area contributed by atoms with Crippen LogP contribution in [0.25, 0.3) is 0 Å². The maximum Gasteiger partial charge on any atom is 0.308 e. The summed E-state index contributed by atoms with van der Waals surface area (Å²) >= 11 is 5.74. The monoisotopic (exact) mass is 242 g/mol. The molecule has 0 spiro atoms. The summed E-state index contributed by atoms with van der Waals surface area (Å²) in [5.74, 6) is -0.371. The van der Waals surface area contributed by atoms with Gasteiger partial charge in [0.1, 0.15) is 0 Å². The number of benzene rings is 1. The quantitative estimate of drug-likeness (QED) is 0.806. The summed E-state index contributed by atoms with van der Waals surface area (Å²) in [5.41, 5.74) is 0.946. The van der Waals surface area contributed by atoms with Crippen LogP contribution in [-0.4, -0.2) is 23.8 Å². The normalized spacial score (nSPS) is 12.2. The highest BCUT2D eigenvalue weighted by Crippen LogP contribution is 2.12. The van der Waals surface area contributed by atoms with Crippen LogP contribution in [-0.2, 0) is 16.0 Å². The molecule has 88 valence electrons. The molecule has 1 aromatic carbocycles. The van der Waals surface area contributed by atoms with Gasteiger partial charge in [-0.25, -0.2) is 0 Å². The van der Waals surface area contributed by atoms with Crippen LogP contribution in [0.15, 0.2) is 24.3 Å². The predicted octanol–water partition coefficient (Wildman–Crippen LogP) is 2.20. The zero-order chi connectivity index (χ0) is 12.0. The Balaban J connectivity index is 2.42. The minimum Gasteiger partial charge on any atom is -0.466 e. The summed E-state index contributed by atoms with van der Waals surface area (Å²) in [5, 5.41) is 10.3. The van der Waals surface area contributed by atoms with Crippen LogP contribution in [0.5, 0.6) is 0 Å². The lowest BCUT2D eigenvalue weighted by Gasteiger charge is -2.09. The lowest BCUT2D eigenvalue weighted by Crippen LogP contribution is -2.17. The number of aliphatic hydroxyl groups excluding tert-OH is 1. The highest BCUT2D eigenvalue weighted by atomic mass is 35.5. The molecular formula is C12H15ClO3. The number of esters is 1. The molecule has 0 saturated heterocycles. The van der Waals surface area contributed by atoms with Gasteiger partial charge < -0.3 is 9.84 Å². The fourth-order valence-electron chi connectivity index (χ4n) is 1.38. The first kappa shape index (κ1) is 13.0. The average Bonchev–Trinajstić information content (AvgIpc) is 2.21. The van der Waals surface area contributed by atoms with E-state index in [1.165, 1.54) is 0 Å². The molecule has 0 radical (unpaired) electrons. The number of rotatable bonds is 5. The van der Waals surface area contributed by atoms with Crippen LogP contribution in [0.2, 0.25) is 5.02 Å². The standard InChI is InChI=1S/C12H15ClO3/c1-2-16-12(15)8-11(14)7-9-3-5-10(13)6-4-9/h3-6,11,14H,2,7-8H2,1H3/t11-/m1/s1. The number of aliphatic hydroxyl groups is 1. The lowest BCUT2D eigenvalue weighted by molar-refractivity contribution is -0.145. The van der Waals surface area contributed by atoms with Crippen LogP contribution in [0.4, 0.5) is 0 Å². The number of carbonyl (C=O) groups is 1. The molecule has 4 heteroatoms. The van der Waals surface area contributed by atoms with Crippen molar-refractivity contribution in [2.75, 3.05) is 6.61 Å². The number of carbonyl (C=O) groups excluding carboxylic acids is 1. The van der Waals surface area contributed by atoms with Crippen LogP contribution in [0.1, 0.15) is 18.9 Å². The summed E-state index contributed by atoms with van der Waals surface area (Å²) in [6.07, 6.45) is -0.257. The van der Waals surface area contributed by atoms with Crippen molar-refractivity contribution in [2.24, 2.45) is 0 Å². The second-order valence-corrected chi connectivity index (χ2v) is 3.93. The van der Waals surface area contributed by atoms with Gasteiger partial charge in [-0.3, -0.25) is 4.79 Å². The van der Waals surface area contributed by atoms with E-state index in [1.54, 1.807) is 19.1 Å². The van der Waals surface area contributed by atoms with Crippen LogP contribution >= 0.6 is 11.6 Å². The Bertz CT molecular complexity index is 335. The van der Waals surface area contributed by atoms with Crippen molar-refractivity contribution in [3.63, 3.8) is 0 Å². The zero-order valence-electron chi connectivity index (χ0n) is 9.15. The average molecular weight is 243 g/mol. The Labute approximate surface area is 100.0 Å². The van der Waals surface area contributed by atoms with Crippen molar-refractivity contribution in [1.82, 2.24) is 0 Å². The molecule has 0 saturated carbocycles. The Morgan fingerprint density at radius 3 is 2.62 bits per heavy atom. The molecule has 1 aromatic rings. The summed E-state index contributed by atoms with van der Waals surface area (Å²) in [6.45, 7) is 2.08. The molecule has 0 aliphatic rings. The molecule has 0 aliphatic heterocycles. The Kier molecular flexibility index (Phi) is 5.29. The maximum atomic E-state index is 11.1. The van der Waals surface area contributed by atoms with E-state index in [-0.39, 0.29) is 12.4 Å². The summed E-state index contributed by atoms with van der Waals surface area (Å²) < 4.78 is 4.75. The molecule has 0 unspecified atom stereocenters. The number of ether oxygens (including phenoxy) is 1. The van der Waals surface area contributed by atoms with Gasteiger partial charge in [-0.1, -0.05) is 23.7 Å². The SMILES string of the molecule is CCOC(=O)C[C@H](O)Cc1ccc(Cl)cc1. The highest BCUT2D eigenvalue weighted by molar-refractivity contribution is 6.30. The minimum absolute atomic E-state index is 0.0243. The molecule has 0 aliphatic carbocycles. The van der Waals surface area contributed by atoms with Crippen molar-refractivity contribution >= 4 is 17.6 Å². The van der Waals surface area contributed by atoms with Crippen molar-refractivity contribution in [3.05, 3.63) is 34.9 Å². The molecule has 1 atom stereocenters. The molecule has 3 nitrogen and oxygen atoms in total. The molecule has 0 aromatic heterocycles. The second-order valence-electron chi connectivity index (χ2n) is 3.49. The molecule has 0 bridgehead atoms. The fourth-order valence-corrected chi connectivity index (χ4v) is 1.50. The first-order valence-corrected chi connectivity index (χ1v) is 5.57. The van der Waals surface area contributed by atoms with Crippen molar-refractivity contribution < 1.29 is 14.6 Å². The van der Waals surface area contributed by atoms with Crippen LogP contribution < -0.4 is 0 Å². The van der Waals surface area contributed by atoms with Gasteiger partial charge in [-0.05, 0) is 31.0 Å². The molecule has 16 heavy (non-hydrogen) atoms. The van der Waals surface area contributed by atoms with E-state index in [0.29, 0.717) is 18.1 Å². The first-order chi connectivity index (χ1) is 7.61. The smallest absolute Gasteiger partial charge is 0.308 e. The van der Waals surface area contributed by atoms with Crippen LogP contribution in [0.3, 0.4) is 0 Å². The zero-order valence-corrected chi connectivity index (χ0v) is 9.91. The first-order valence-electron chi connectivity index (χ1n) is 5.20. The van der Waals surface area contributed by atoms with Gasteiger partial charge in [0.15, 0.2) is 0 Å². The van der Waals surface area contributed by atoms with E-state index < -0.39 is 6.10 Å². The second kappa shape index (κ2) is 6.51.